The summed E-state index contributed by atoms with van der Waals surface area (Å²) < 4.78 is 6.94. The lowest BCUT2D eigenvalue weighted by atomic mass is 9.64. The summed E-state index contributed by atoms with van der Waals surface area (Å²) in [5, 5.41) is 10.7. The van der Waals surface area contributed by atoms with Gasteiger partial charge in [-0.25, -0.2) is 0 Å². The number of rotatable bonds is 12. The van der Waals surface area contributed by atoms with E-state index in [0.29, 0.717) is 37.9 Å². The molecule has 2 aromatic rings. The van der Waals surface area contributed by atoms with Gasteiger partial charge in [-0.15, -0.1) is 13.2 Å². The van der Waals surface area contributed by atoms with Gasteiger partial charge >= 0.3 is 0 Å². The third-order valence-electron chi connectivity index (χ3n) is 9.47. The molecule has 2 unspecified atom stereocenters. The van der Waals surface area contributed by atoms with Crippen molar-refractivity contribution in [3.8, 4) is 0 Å². The van der Waals surface area contributed by atoms with Gasteiger partial charge in [-0.05, 0) is 30.4 Å². The van der Waals surface area contributed by atoms with Crippen LogP contribution in [0.1, 0.15) is 43.4 Å². The Morgan fingerprint density at radius 1 is 1.05 bits per heavy atom. The van der Waals surface area contributed by atoms with Gasteiger partial charge in [0.05, 0.1) is 30.1 Å². The molecule has 3 fully saturated rings. The molecule has 222 valence electrons. The summed E-state index contributed by atoms with van der Waals surface area (Å²) in [7, 11) is 1.71. The smallest absolute Gasteiger partial charge is 0.249 e. The highest BCUT2D eigenvalue weighted by Gasteiger charge is 2.79. The standard InChI is InChI=1S/C34H41N3O5/c1-5-20-35(4)30(39)27-28-31(40)37(26(23-38)25-16-12-9-13-17-25)29(34(28)19-18-33(27,7-3)42-34)32(41)36(21-6-2)22-24-14-10-8-11-15-24/h5-6,8-17,26-29,38H,1-2,7,18-23H2,3-4H3/t26-,27-,28+,29?,33+,34?/m1/s1. The zero-order valence-corrected chi connectivity index (χ0v) is 24.5. The van der Waals surface area contributed by atoms with Gasteiger partial charge in [0.2, 0.25) is 17.7 Å². The second-order valence-electron chi connectivity index (χ2n) is 11.7. The van der Waals surface area contributed by atoms with Crippen LogP contribution in [-0.4, -0.2) is 81.5 Å². The highest BCUT2D eigenvalue weighted by Crippen LogP contribution is 2.65. The van der Waals surface area contributed by atoms with Crippen molar-refractivity contribution in [2.75, 3.05) is 26.7 Å². The summed E-state index contributed by atoms with van der Waals surface area (Å²) in [6.45, 7) is 10.2. The van der Waals surface area contributed by atoms with Crippen LogP contribution in [0.25, 0.3) is 0 Å². The van der Waals surface area contributed by atoms with E-state index in [4.69, 9.17) is 4.74 Å². The topological polar surface area (TPSA) is 90.4 Å². The van der Waals surface area contributed by atoms with Crippen LogP contribution in [0.3, 0.4) is 0 Å². The van der Waals surface area contributed by atoms with E-state index in [1.54, 1.807) is 29.0 Å². The number of aliphatic hydroxyl groups is 1. The van der Waals surface area contributed by atoms with Crippen molar-refractivity contribution in [3.63, 3.8) is 0 Å². The van der Waals surface area contributed by atoms with Crippen LogP contribution in [0.15, 0.2) is 86.0 Å². The Morgan fingerprint density at radius 2 is 1.69 bits per heavy atom. The van der Waals surface area contributed by atoms with E-state index in [2.05, 4.69) is 13.2 Å². The normalized spacial score (nSPS) is 28.3. The molecule has 8 heteroatoms. The van der Waals surface area contributed by atoms with Gasteiger partial charge in [-0.3, -0.25) is 14.4 Å². The maximum atomic E-state index is 14.8. The Balaban J connectivity index is 1.65. The number of aliphatic hydroxyl groups excluding tert-OH is 1. The molecule has 3 aliphatic rings. The van der Waals surface area contributed by atoms with Crippen molar-refractivity contribution in [2.24, 2.45) is 11.8 Å². The Bertz CT molecular complexity index is 1330. The second kappa shape index (κ2) is 11.9. The maximum Gasteiger partial charge on any atom is 0.249 e. The van der Waals surface area contributed by atoms with E-state index >= 15 is 0 Å². The average Bonchev–Trinajstić information content (AvgIpc) is 3.62. The largest absolute Gasteiger partial charge is 0.394 e. The van der Waals surface area contributed by atoms with Crippen LogP contribution in [0, 0.1) is 11.8 Å². The molecule has 42 heavy (non-hydrogen) atoms. The van der Waals surface area contributed by atoms with Gasteiger partial charge in [0, 0.05) is 26.7 Å². The fourth-order valence-corrected chi connectivity index (χ4v) is 7.56. The first-order valence-corrected chi connectivity index (χ1v) is 14.8. The maximum absolute atomic E-state index is 14.8. The third kappa shape index (κ3) is 4.67. The zero-order chi connectivity index (χ0) is 30.1. The minimum atomic E-state index is -1.20. The summed E-state index contributed by atoms with van der Waals surface area (Å²) in [5.74, 6) is -2.37. The van der Waals surface area contributed by atoms with Gasteiger partial charge in [0.25, 0.3) is 0 Å². The predicted molar refractivity (Wildman–Crippen MR) is 160 cm³/mol. The number of hydrogen-bond donors (Lipinski definition) is 1. The average molecular weight is 572 g/mol. The van der Waals surface area contributed by atoms with Gasteiger partial charge in [0.1, 0.15) is 11.6 Å². The number of hydrogen-bond acceptors (Lipinski definition) is 5. The van der Waals surface area contributed by atoms with Crippen LogP contribution in [0.4, 0.5) is 0 Å². The molecule has 2 bridgehead atoms. The first-order chi connectivity index (χ1) is 20.3. The molecule has 3 amide bonds. The first-order valence-electron chi connectivity index (χ1n) is 14.8. The number of likely N-dealkylation sites (N-methyl/N-ethyl adjacent to an activating group) is 1. The third-order valence-corrected chi connectivity index (χ3v) is 9.47. The van der Waals surface area contributed by atoms with Crippen molar-refractivity contribution in [3.05, 3.63) is 97.1 Å². The van der Waals surface area contributed by atoms with Crippen molar-refractivity contribution in [1.82, 2.24) is 14.7 Å². The van der Waals surface area contributed by atoms with E-state index in [0.717, 1.165) is 5.56 Å². The van der Waals surface area contributed by atoms with Crippen LogP contribution in [0.2, 0.25) is 0 Å². The fourth-order valence-electron chi connectivity index (χ4n) is 7.56. The Labute approximate surface area is 248 Å². The lowest BCUT2D eigenvalue weighted by Gasteiger charge is -2.39. The number of carbonyl (C=O) groups is 3. The SMILES string of the molecule is C=CCN(C)C(=O)[C@H]1[C@H]2C(=O)N([C@H](CO)c3ccccc3)C(C(=O)N(CC=C)Cc3ccccc3)C23CC[C@]1(CC)O3. The van der Waals surface area contributed by atoms with E-state index < -0.39 is 35.1 Å². The highest BCUT2D eigenvalue weighted by atomic mass is 16.5. The number of fused-ring (bicyclic) bond motifs is 1. The fraction of sp³-hybridized carbons (Fsp3) is 0.441. The van der Waals surface area contributed by atoms with Gasteiger partial charge < -0.3 is 24.5 Å². The Hall–Kier alpha value is -3.75. The molecule has 6 atom stereocenters. The lowest BCUT2D eigenvalue weighted by molar-refractivity contribution is -0.158. The zero-order valence-electron chi connectivity index (χ0n) is 24.5. The van der Waals surface area contributed by atoms with E-state index in [1.165, 1.54) is 4.90 Å². The van der Waals surface area contributed by atoms with Crippen LogP contribution in [-0.2, 0) is 25.7 Å². The van der Waals surface area contributed by atoms with E-state index in [9.17, 15) is 19.5 Å². The molecular formula is C34H41N3O5. The second-order valence-corrected chi connectivity index (χ2v) is 11.7. The molecule has 1 spiro atoms. The molecule has 0 aliphatic carbocycles. The Morgan fingerprint density at radius 3 is 2.29 bits per heavy atom. The van der Waals surface area contributed by atoms with Gasteiger partial charge in [-0.2, -0.15) is 0 Å². The van der Waals surface area contributed by atoms with Gasteiger partial charge in [0.15, 0.2) is 0 Å². The summed E-state index contributed by atoms with van der Waals surface area (Å²) >= 11 is 0. The van der Waals surface area contributed by atoms with Crippen LogP contribution >= 0.6 is 0 Å². The molecule has 3 heterocycles. The van der Waals surface area contributed by atoms with Crippen LogP contribution in [0.5, 0.6) is 0 Å². The molecule has 0 radical (unpaired) electrons. The molecule has 8 nitrogen and oxygen atoms in total. The Kier molecular flexibility index (Phi) is 8.39. The molecular weight excluding hydrogens is 530 g/mol. The summed E-state index contributed by atoms with van der Waals surface area (Å²) in [4.78, 5) is 48.3. The van der Waals surface area contributed by atoms with Crippen molar-refractivity contribution >= 4 is 17.7 Å². The number of likely N-dealkylation sites (tertiary alicyclic amines) is 1. The molecule has 0 saturated carbocycles. The molecule has 3 aliphatic heterocycles. The summed E-state index contributed by atoms with van der Waals surface area (Å²) in [5.41, 5.74) is -0.383. The minimum Gasteiger partial charge on any atom is -0.394 e. The van der Waals surface area contributed by atoms with Gasteiger partial charge in [-0.1, -0.05) is 79.7 Å². The first kappa shape index (κ1) is 29.7. The predicted octanol–water partition coefficient (Wildman–Crippen LogP) is 3.73. The summed E-state index contributed by atoms with van der Waals surface area (Å²) in [6, 6.07) is 17.1. The molecule has 1 N–H and O–H groups in total. The molecule has 3 saturated heterocycles. The van der Waals surface area contributed by atoms with Crippen molar-refractivity contribution in [2.45, 2.75) is 56.0 Å². The van der Waals surface area contributed by atoms with Crippen molar-refractivity contribution in [1.29, 1.82) is 0 Å². The molecule has 5 rings (SSSR count). The highest BCUT2D eigenvalue weighted by molar-refractivity contribution is 5.99. The quantitative estimate of drug-likeness (QED) is 0.392. The summed E-state index contributed by atoms with van der Waals surface area (Å²) in [6.07, 6.45) is 4.91. The lowest BCUT2D eigenvalue weighted by Crippen LogP contribution is -2.57. The monoisotopic (exact) mass is 571 g/mol. The number of ether oxygens (including phenoxy) is 1. The van der Waals surface area contributed by atoms with Crippen LogP contribution < -0.4 is 0 Å². The van der Waals surface area contributed by atoms with Crippen molar-refractivity contribution < 1.29 is 24.2 Å². The minimum absolute atomic E-state index is 0.183. The molecule has 2 aromatic carbocycles. The number of carbonyl (C=O) groups excluding carboxylic acids is 3. The van der Waals surface area contributed by atoms with E-state index in [1.807, 2.05) is 67.6 Å². The number of benzene rings is 2. The number of nitrogens with zero attached hydrogens (tertiary/aromatic N) is 3. The molecule has 0 aromatic heterocycles. The van der Waals surface area contributed by atoms with E-state index in [-0.39, 0.29) is 30.9 Å². The number of amides is 3.